The van der Waals surface area contributed by atoms with Crippen LogP contribution in [0.5, 0.6) is 0 Å². The van der Waals surface area contributed by atoms with Crippen LogP contribution < -0.4 is 5.32 Å². The van der Waals surface area contributed by atoms with Crippen molar-refractivity contribution < 1.29 is 4.79 Å². The topological polar surface area (TPSA) is 72.7 Å². The van der Waals surface area contributed by atoms with Crippen LogP contribution in [-0.2, 0) is 4.79 Å². The Labute approximate surface area is 128 Å². The molecular formula is C14H19N5OS. The molecule has 112 valence electrons. The first-order valence-electron chi connectivity index (χ1n) is 6.72. The Hall–Kier alpha value is -1.89. The summed E-state index contributed by atoms with van der Waals surface area (Å²) in [6.07, 6.45) is 4.33. The summed E-state index contributed by atoms with van der Waals surface area (Å²) in [4.78, 5) is 20.2. The maximum Gasteiger partial charge on any atom is 0.217 e. The van der Waals surface area contributed by atoms with Crippen molar-refractivity contribution in [3.05, 3.63) is 36.0 Å². The lowest BCUT2D eigenvalue weighted by Gasteiger charge is -2.17. The number of amides is 1. The Balaban J connectivity index is 2.33. The van der Waals surface area contributed by atoms with Gasteiger partial charge in [0.05, 0.1) is 6.04 Å². The average molecular weight is 305 g/mol. The Kier molecular flexibility index (Phi) is 5.32. The van der Waals surface area contributed by atoms with E-state index in [4.69, 9.17) is 0 Å². The summed E-state index contributed by atoms with van der Waals surface area (Å²) in [5, 5.41) is 7.19. The van der Waals surface area contributed by atoms with Crippen LogP contribution in [0.15, 0.2) is 24.5 Å². The first-order chi connectivity index (χ1) is 10.1. The van der Waals surface area contributed by atoms with E-state index in [1.165, 1.54) is 13.3 Å². The summed E-state index contributed by atoms with van der Waals surface area (Å²) in [5.41, 5.74) is 0.911. The van der Waals surface area contributed by atoms with E-state index >= 15 is 0 Å². The number of nitrogens with one attached hydrogen (secondary N) is 1. The third kappa shape index (κ3) is 4.04. The Bertz CT molecular complexity index is 613. The van der Waals surface area contributed by atoms with Gasteiger partial charge in [0.25, 0.3) is 0 Å². The molecule has 2 rings (SSSR count). The maximum atomic E-state index is 11.4. The van der Waals surface area contributed by atoms with E-state index in [-0.39, 0.29) is 11.9 Å². The lowest BCUT2D eigenvalue weighted by Crippen LogP contribution is -2.29. The Morgan fingerprint density at radius 1 is 1.48 bits per heavy atom. The van der Waals surface area contributed by atoms with Crippen molar-refractivity contribution in [3.63, 3.8) is 0 Å². The van der Waals surface area contributed by atoms with Gasteiger partial charge in [-0.25, -0.2) is 9.97 Å². The summed E-state index contributed by atoms with van der Waals surface area (Å²) in [6, 6.07) is 5.57. The molecule has 0 radical (unpaired) electrons. The predicted molar refractivity (Wildman–Crippen MR) is 83.4 cm³/mol. The maximum absolute atomic E-state index is 11.4. The van der Waals surface area contributed by atoms with Crippen LogP contribution in [0.25, 0.3) is 5.82 Å². The number of carbonyl (C=O) groups excluding carboxylic acids is 1. The Morgan fingerprint density at radius 2 is 2.29 bits per heavy atom. The molecule has 0 bridgehead atoms. The van der Waals surface area contributed by atoms with E-state index in [9.17, 15) is 4.79 Å². The lowest BCUT2D eigenvalue weighted by molar-refractivity contribution is -0.119. The highest BCUT2D eigenvalue weighted by Crippen LogP contribution is 2.19. The van der Waals surface area contributed by atoms with Gasteiger partial charge in [-0.2, -0.15) is 21.5 Å². The number of carbonyl (C=O) groups is 1. The van der Waals surface area contributed by atoms with Crippen LogP contribution in [-0.4, -0.2) is 37.7 Å². The standard InChI is InChI=1S/C14H19N5OS/c1-10-5-4-6-13(17-10)19-14(15-9-16-19)12(7-8-21-3)18-11(2)20/h4-6,9,12H,7-8H2,1-3H3,(H,18,20)/t12-/m0/s1. The van der Waals surface area contributed by atoms with Crippen molar-refractivity contribution in [2.45, 2.75) is 26.3 Å². The molecule has 0 aliphatic carbocycles. The molecule has 0 aliphatic heterocycles. The number of thioether (sulfide) groups is 1. The summed E-state index contributed by atoms with van der Waals surface area (Å²) >= 11 is 1.73. The molecule has 6 nitrogen and oxygen atoms in total. The van der Waals surface area contributed by atoms with Gasteiger partial charge in [0.15, 0.2) is 11.6 Å². The summed E-state index contributed by atoms with van der Waals surface area (Å²) in [5.74, 6) is 2.27. The smallest absolute Gasteiger partial charge is 0.217 e. The van der Waals surface area contributed by atoms with Gasteiger partial charge in [0.1, 0.15) is 6.33 Å². The van der Waals surface area contributed by atoms with Crippen molar-refractivity contribution in [2.24, 2.45) is 0 Å². The van der Waals surface area contributed by atoms with Crippen molar-refractivity contribution in [1.82, 2.24) is 25.1 Å². The quantitative estimate of drug-likeness (QED) is 0.882. The second-order valence-electron chi connectivity index (χ2n) is 4.70. The second-order valence-corrected chi connectivity index (χ2v) is 5.69. The van der Waals surface area contributed by atoms with Crippen molar-refractivity contribution >= 4 is 17.7 Å². The summed E-state index contributed by atoms with van der Waals surface area (Å²) in [7, 11) is 0. The average Bonchev–Trinajstić information content (AvgIpc) is 2.92. The highest BCUT2D eigenvalue weighted by Gasteiger charge is 2.20. The molecule has 2 aromatic rings. The number of hydrogen-bond acceptors (Lipinski definition) is 5. The monoisotopic (exact) mass is 305 g/mol. The number of aromatic nitrogens is 4. The van der Waals surface area contributed by atoms with Crippen LogP contribution in [0, 0.1) is 6.92 Å². The third-order valence-corrected chi connectivity index (χ3v) is 3.61. The van der Waals surface area contributed by atoms with Gasteiger partial charge < -0.3 is 5.32 Å². The first kappa shape index (κ1) is 15.5. The van der Waals surface area contributed by atoms with E-state index in [1.54, 1.807) is 16.4 Å². The van der Waals surface area contributed by atoms with E-state index in [2.05, 4.69) is 20.4 Å². The molecule has 21 heavy (non-hydrogen) atoms. The van der Waals surface area contributed by atoms with Crippen LogP contribution >= 0.6 is 11.8 Å². The highest BCUT2D eigenvalue weighted by atomic mass is 32.2. The number of hydrogen-bond donors (Lipinski definition) is 1. The van der Waals surface area contributed by atoms with Crippen molar-refractivity contribution in [3.8, 4) is 5.82 Å². The minimum absolute atomic E-state index is 0.0761. The van der Waals surface area contributed by atoms with Gasteiger partial charge in [-0.15, -0.1) is 0 Å². The van der Waals surface area contributed by atoms with Gasteiger partial charge in [-0.3, -0.25) is 4.79 Å². The predicted octanol–water partition coefficient (Wildman–Crippen LogP) is 1.90. The molecule has 0 aromatic carbocycles. The minimum atomic E-state index is -0.167. The fourth-order valence-electron chi connectivity index (χ4n) is 2.06. The van der Waals surface area contributed by atoms with E-state index in [0.717, 1.165) is 17.9 Å². The zero-order valence-corrected chi connectivity index (χ0v) is 13.2. The molecule has 2 heterocycles. The number of pyridine rings is 1. The molecule has 0 saturated heterocycles. The van der Waals surface area contributed by atoms with E-state index in [0.29, 0.717) is 11.6 Å². The molecule has 1 amide bonds. The molecule has 1 atom stereocenters. The molecule has 7 heteroatoms. The van der Waals surface area contributed by atoms with Crippen LogP contribution in [0.4, 0.5) is 0 Å². The molecule has 0 saturated carbocycles. The highest BCUT2D eigenvalue weighted by molar-refractivity contribution is 7.98. The Morgan fingerprint density at radius 3 is 2.95 bits per heavy atom. The largest absolute Gasteiger partial charge is 0.346 e. The number of rotatable bonds is 6. The molecular weight excluding hydrogens is 286 g/mol. The van der Waals surface area contributed by atoms with Crippen molar-refractivity contribution in [2.75, 3.05) is 12.0 Å². The van der Waals surface area contributed by atoms with E-state index < -0.39 is 0 Å². The number of nitrogens with zero attached hydrogens (tertiary/aromatic N) is 4. The SMILES string of the molecule is CSCC[C@H](NC(C)=O)c1ncnn1-c1cccc(C)n1. The van der Waals surface area contributed by atoms with Gasteiger partial charge >= 0.3 is 0 Å². The summed E-state index contributed by atoms with van der Waals surface area (Å²) in [6.45, 7) is 3.44. The fourth-order valence-corrected chi connectivity index (χ4v) is 2.53. The normalized spacial score (nSPS) is 12.1. The zero-order chi connectivity index (χ0) is 15.2. The van der Waals surface area contributed by atoms with Gasteiger partial charge in [0.2, 0.25) is 5.91 Å². The van der Waals surface area contributed by atoms with Crippen LogP contribution in [0.3, 0.4) is 0 Å². The fraction of sp³-hybridized carbons (Fsp3) is 0.429. The number of aryl methyl sites for hydroxylation is 1. The molecule has 1 N–H and O–H groups in total. The first-order valence-corrected chi connectivity index (χ1v) is 8.11. The van der Waals surface area contributed by atoms with Crippen molar-refractivity contribution in [1.29, 1.82) is 0 Å². The molecule has 0 fully saturated rings. The van der Waals surface area contributed by atoms with Crippen LogP contribution in [0.1, 0.15) is 30.9 Å². The van der Waals surface area contributed by atoms with E-state index in [1.807, 2.05) is 31.4 Å². The molecule has 2 aromatic heterocycles. The lowest BCUT2D eigenvalue weighted by atomic mass is 10.2. The minimum Gasteiger partial charge on any atom is -0.346 e. The van der Waals surface area contributed by atoms with Gasteiger partial charge in [0, 0.05) is 12.6 Å². The van der Waals surface area contributed by atoms with Gasteiger partial charge in [-0.1, -0.05) is 6.07 Å². The van der Waals surface area contributed by atoms with Crippen LogP contribution in [0.2, 0.25) is 0 Å². The second kappa shape index (κ2) is 7.21. The molecule has 0 unspecified atom stereocenters. The summed E-state index contributed by atoms with van der Waals surface area (Å²) < 4.78 is 1.69. The van der Waals surface area contributed by atoms with Gasteiger partial charge in [-0.05, 0) is 37.5 Å². The molecule has 0 aliphatic rings. The molecule has 0 spiro atoms. The zero-order valence-electron chi connectivity index (χ0n) is 12.4. The third-order valence-electron chi connectivity index (χ3n) is 2.96.